The largest absolute Gasteiger partial charge is 0.441 e. The van der Waals surface area contributed by atoms with Gasteiger partial charge in [-0.2, -0.15) is 0 Å². The van der Waals surface area contributed by atoms with Gasteiger partial charge in [0.05, 0.1) is 5.69 Å². The van der Waals surface area contributed by atoms with Crippen molar-refractivity contribution < 1.29 is 18.8 Å². The Morgan fingerprint density at radius 2 is 1.67 bits per heavy atom. The van der Waals surface area contributed by atoms with Gasteiger partial charge in [-0.15, -0.1) is 0 Å². The number of nitrogens with one attached hydrogen (secondary N) is 1. The first kappa shape index (κ1) is 19.9. The molecule has 2 aliphatic heterocycles. The van der Waals surface area contributed by atoms with Crippen LogP contribution in [0.15, 0.2) is 40.3 Å². The number of anilines is 2. The predicted octanol–water partition coefficient (Wildman–Crippen LogP) is 3.94. The molecule has 156 valence electrons. The Kier molecular flexibility index (Phi) is 5.44. The maximum absolute atomic E-state index is 13.0. The summed E-state index contributed by atoms with van der Waals surface area (Å²) in [5.74, 6) is -0.255. The third kappa shape index (κ3) is 3.87. The number of aryl methyl sites for hydroxylation is 2. The molecule has 0 radical (unpaired) electrons. The van der Waals surface area contributed by atoms with Crippen LogP contribution in [0, 0.1) is 13.8 Å². The van der Waals surface area contributed by atoms with Gasteiger partial charge >= 0.3 is 6.03 Å². The molecule has 1 aromatic carbocycles. The van der Waals surface area contributed by atoms with Crippen molar-refractivity contribution in [2.24, 2.45) is 0 Å². The summed E-state index contributed by atoms with van der Waals surface area (Å²) in [5.41, 5.74) is 2.28. The molecule has 2 saturated heterocycles. The Balaban J connectivity index is 1.62. The number of amides is 4. The number of imide groups is 2. The van der Waals surface area contributed by atoms with Crippen LogP contribution in [-0.4, -0.2) is 30.9 Å². The smallest absolute Gasteiger partial charge is 0.335 e. The first-order valence-electron chi connectivity index (χ1n) is 10.3. The molecule has 1 N–H and O–H groups in total. The average molecular weight is 407 g/mol. The molecule has 3 heterocycles. The van der Waals surface area contributed by atoms with Crippen LogP contribution in [0.25, 0.3) is 6.08 Å². The molecule has 2 fully saturated rings. The summed E-state index contributed by atoms with van der Waals surface area (Å²) in [6, 6.07) is 8.13. The number of benzene rings is 1. The lowest BCUT2D eigenvalue weighted by atomic mass is 10.1. The normalized spacial score (nSPS) is 19.3. The number of barbiturate groups is 1. The highest BCUT2D eigenvalue weighted by Gasteiger charge is 2.37. The maximum atomic E-state index is 13.0. The minimum absolute atomic E-state index is 0.135. The first-order valence-corrected chi connectivity index (χ1v) is 10.3. The lowest BCUT2D eigenvalue weighted by molar-refractivity contribution is -0.122. The molecule has 7 nitrogen and oxygen atoms in total. The topological polar surface area (TPSA) is 82.9 Å². The number of hydrogen-bond donors (Lipinski definition) is 1. The van der Waals surface area contributed by atoms with Gasteiger partial charge in [-0.25, -0.2) is 9.69 Å². The van der Waals surface area contributed by atoms with Crippen molar-refractivity contribution >= 4 is 35.5 Å². The van der Waals surface area contributed by atoms with Gasteiger partial charge in [0, 0.05) is 19.2 Å². The van der Waals surface area contributed by atoms with Crippen molar-refractivity contribution in [3.63, 3.8) is 0 Å². The lowest BCUT2D eigenvalue weighted by Crippen LogP contribution is -2.54. The molecule has 2 aromatic rings. The minimum atomic E-state index is -0.755. The standard InChI is InChI=1S/C23H25N3O4/c1-15-7-8-17(13-16(15)2)26-22(28)19(21(27)24-23(26)29)14-18-9-10-20(30-18)25-11-5-3-4-6-12-25/h7-10,13-14H,3-6,11-12H2,1-2H3,(H,24,27,29)/b19-14+. The fourth-order valence-corrected chi connectivity index (χ4v) is 3.78. The van der Waals surface area contributed by atoms with Crippen LogP contribution < -0.4 is 15.1 Å². The number of carbonyl (C=O) groups is 3. The van der Waals surface area contributed by atoms with E-state index in [1.165, 1.54) is 18.9 Å². The Morgan fingerprint density at radius 1 is 0.933 bits per heavy atom. The number of urea groups is 1. The summed E-state index contributed by atoms with van der Waals surface area (Å²) in [7, 11) is 0. The summed E-state index contributed by atoms with van der Waals surface area (Å²) in [4.78, 5) is 40.9. The summed E-state index contributed by atoms with van der Waals surface area (Å²) in [6.45, 7) is 5.71. The van der Waals surface area contributed by atoms with Gasteiger partial charge in [0.1, 0.15) is 11.3 Å². The highest BCUT2D eigenvalue weighted by atomic mass is 16.4. The maximum Gasteiger partial charge on any atom is 0.335 e. The number of nitrogens with zero attached hydrogens (tertiary/aromatic N) is 2. The summed E-state index contributed by atoms with van der Waals surface area (Å²) >= 11 is 0. The first-order chi connectivity index (χ1) is 14.4. The molecule has 4 rings (SSSR count). The van der Waals surface area contributed by atoms with Crippen LogP contribution in [0.1, 0.15) is 42.6 Å². The number of hydrogen-bond acceptors (Lipinski definition) is 5. The molecule has 0 aliphatic carbocycles. The number of carbonyl (C=O) groups excluding carboxylic acids is 3. The van der Waals surface area contributed by atoms with E-state index in [0.29, 0.717) is 11.4 Å². The Bertz CT molecular complexity index is 1030. The van der Waals surface area contributed by atoms with Gasteiger partial charge in [-0.3, -0.25) is 14.9 Å². The molecular weight excluding hydrogens is 382 g/mol. The van der Waals surface area contributed by atoms with E-state index in [4.69, 9.17) is 4.42 Å². The van der Waals surface area contributed by atoms with E-state index in [1.54, 1.807) is 18.2 Å². The zero-order valence-electron chi connectivity index (χ0n) is 17.2. The molecule has 0 atom stereocenters. The average Bonchev–Trinajstić information content (AvgIpc) is 3.00. The predicted molar refractivity (Wildman–Crippen MR) is 114 cm³/mol. The highest BCUT2D eigenvalue weighted by Crippen LogP contribution is 2.27. The fourth-order valence-electron chi connectivity index (χ4n) is 3.78. The van der Waals surface area contributed by atoms with Gasteiger partial charge in [0.15, 0.2) is 5.88 Å². The molecule has 0 bridgehead atoms. The Morgan fingerprint density at radius 3 is 2.37 bits per heavy atom. The van der Waals surface area contributed by atoms with Crippen molar-refractivity contribution in [1.29, 1.82) is 0 Å². The van der Waals surface area contributed by atoms with Crippen LogP contribution >= 0.6 is 0 Å². The quantitative estimate of drug-likeness (QED) is 0.615. The van der Waals surface area contributed by atoms with E-state index in [2.05, 4.69) is 10.2 Å². The SMILES string of the molecule is Cc1ccc(N2C(=O)NC(=O)/C(=C\c3ccc(N4CCCCCC4)o3)C2=O)cc1C. The van der Waals surface area contributed by atoms with Gasteiger partial charge in [-0.1, -0.05) is 18.9 Å². The summed E-state index contributed by atoms with van der Waals surface area (Å²) in [5, 5.41) is 2.25. The van der Waals surface area contributed by atoms with Gasteiger partial charge < -0.3 is 9.32 Å². The van der Waals surface area contributed by atoms with E-state index in [-0.39, 0.29) is 5.57 Å². The van der Waals surface area contributed by atoms with Crippen LogP contribution in [0.4, 0.5) is 16.4 Å². The Labute approximate surface area is 175 Å². The van der Waals surface area contributed by atoms with Crippen LogP contribution in [-0.2, 0) is 9.59 Å². The number of furan rings is 1. The van der Waals surface area contributed by atoms with E-state index in [0.717, 1.165) is 47.8 Å². The fraction of sp³-hybridized carbons (Fsp3) is 0.348. The molecular formula is C23H25N3O4. The minimum Gasteiger partial charge on any atom is -0.441 e. The van der Waals surface area contributed by atoms with Crippen molar-refractivity contribution in [2.75, 3.05) is 22.9 Å². The molecule has 2 aliphatic rings. The molecule has 0 spiro atoms. The highest BCUT2D eigenvalue weighted by molar-refractivity contribution is 6.39. The molecule has 1 aromatic heterocycles. The third-order valence-electron chi connectivity index (χ3n) is 5.67. The van der Waals surface area contributed by atoms with Crippen molar-refractivity contribution in [2.45, 2.75) is 39.5 Å². The third-order valence-corrected chi connectivity index (χ3v) is 5.67. The van der Waals surface area contributed by atoms with Gasteiger partial charge in [0.25, 0.3) is 11.8 Å². The second-order valence-electron chi connectivity index (χ2n) is 7.80. The zero-order valence-corrected chi connectivity index (χ0v) is 17.2. The summed E-state index contributed by atoms with van der Waals surface area (Å²) < 4.78 is 5.89. The van der Waals surface area contributed by atoms with E-state index >= 15 is 0 Å². The van der Waals surface area contributed by atoms with Crippen LogP contribution in [0.3, 0.4) is 0 Å². The van der Waals surface area contributed by atoms with Crippen LogP contribution in [0.5, 0.6) is 0 Å². The number of rotatable bonds is 3. The monoisotopic (exact) mass is 407 g/mol. The molecule has 0 unspecified atom stereocenters. The van der Waals surface area contributed by atoms with E-state index in [9.17, 15) is 14.4 Å². The summed E-state index contributed by atoms with van der Waals surface area (Å²) in [6.07, 6.45) is 6.06. The van der Waals surface area contributed by atoms with E-state index < -0.39 is 17.8 Å². The van der Waals surface area contributed by atoms with E-state index in [1.807, 2.05) is 26.0 Å². The van der Waals surface area contributed by atoms with Crippen LogP contribution in [0.2, 0.25) is 0 Å². The lowest BCUT2D eigenvalue weighted by Gasteiger charge is -2.26. The second-order valence-corrected chi connectivity index (χ2v) is 7.80. The van der Waals surface area contributed by atoms with Gasteiger partial charge in [-0.05, 0) is 62.1 Å². The second kappa shape index (κ2) is 8.18. The zero-order chi connectivity index (χ0) is 21.3. The molecule has 7 heteroatoms. The molecule has 0 saturated carbocycles. The Hall–Kier alpha value is -3.35. The molecule has 30 heavy (non-hydrogen) atoms. The molecule has 4 amide bonds. The van der Waals surface area contributed by atoms with Gasteiger partial charge in [0.2, 0.25) is 0 Å². The van der Waals surface area contributed by atoms with Crippen molar-refractivity contribution in [1.82, 2.24) is 5.32 Å². The van der Waals surface area contributed by atoms with Crippen molar-refractivity contribution in [3.05, 3.63) is 52.8 Å². The van der Waals surface area contributed by atoms with Crippen molar-refractivity contribution in [3.8, 4) is 0 Å².